The Labute approximate surface area is 206 Å². The number of aliphatic hydroxyl groups is 4. The smallest absolute Gasteiger partial charge is 0.321 e. The number of Topliss-reactive ketones (excluding diaryl/α,β-unsaturated/α-hetero) is 2. The maximum Gasteiger partial charge on any atom is 0.321 e. The molecule has 204 valence electrons. The number of carboxylic acids is 1. The van der Waals surface area contributed by atoms with Gasteiger partial charge in [0.05, 0.1) is 25.2 Å². The minimum atomic E-state index is -1.76. The summed E-state index contributed by atoms with van der Waals surface area (Å²) in [5, 5.41) is 53.3. The lowest BCUT2D eigenvalue weighted by Gasteiger charge is -2.38. The molecule has 4 unspecified atom stereocenters. The van der Waals surface area contributed by atoms with Gasteiger partial charge in [0, 0.05) is 37.3 Å². The van der Waals surface area contributed by atoms with Crippen molar-refractivity contribution in [3.05, 3.63) is 10.4 Å². The van der Waals surface area contributed by atoms with Crippen LogP contribution in [0.5, 0.6) is 0 Å². The largest absolute Gasteiger partial charge is 0.480 e. The number of ketones is 2. The summed E-state index contributed by atoms with van der Waals surface area (Å²) in [6.07, 6.45) is -9.20. The van der Waals surface area contributed by atoms with Gasteiger partial charge in [-0.1, -0.05) is 5.11 Å². The van der Waals surface area contributed by atoms with Crippen molar-refractivity contribution in [2.75, 3.05) is 19.8 Å². The molecule has 0 aromatic rings. The summed E-state index contributed by atoms with van der Waals surface area (Å²) < 4.78 is 10.2. The van der Waals surface area contributed by atoms with E-state index in [0.717, 1.165) is 0 Å². The summed E-state index contributed by atoms with van der Waals surface area (Å²) in [4.78, 5) is 50.8. The van der Waals surface area contributed by atoms with Crippen molar-refractivity contribution in [2.45, 2.75) is 81.3 Å². The lowest BCUT2D eigenvalue weighted by Crippen LogP contribution is -2.57. The van der Waals surface area contributed by atoms with Gasteiger partial charge < -0.3 is 46.1 Å². The normalized spacial score (nSPS) is 25.3. The van der Waals surface area contributed by atoms with E-state index in [2.05, 4.69) is 15.3 Å². The van der Waals surface area contributed by atoms with E-state index < -0.39 is 79.1 Å². The fraction of sp³-hybridized carbons (Fsp3) is 0.800. The molecule has 1 aliphatic heterocycles. The minimum absolute atomic E-state index is 0.0779. The van der Waals surface area contributed by atoms with E-state index in [1.165, 1.54) is 0 Å². The maximum atomic E-state index is 12.7. The first-order valence-electron chi connectivity index (χ1n) is 11.3. The number of nitrogens with zero attached hydrogens (tertiary/aromatic N) is 3. The quantitative estimate of drug-likeness (QED) is 0.0454. The average Bonchev–Trinajstić information content (AvgIpc) is 2.82. The van der Waals surface area contributed by atoms with Crippen LogP contribution in [-0.2, 0) is 28.7 Å². The van der Waals surface area contributed by atoms with E-state index in [0.29, 0.717) is 0 Å². The number of rotatable bonds is 17. The topological polar surface area (TPSA) is 275 Å². The van der Waals surface area contributed by atoms with Gasteiger partial charge in [-0.2, -0.15) is 0 Å². The number of carboxylic acid groups (broad SMARTS) is 1. The molecular formula is C20H33N5O11. The zero-order chi connectivity index (χ0) is 27.3. The molecule has 16 nitrogen and oxygen atoms in total. The van der Waals surface area contributed by atoms with Crippen LogP contribution < -0.4 is 11.1 Å². The van der Waals surface area contributed by atoms with Crippen LogP contribution in [0.4, 0.5) is 0 Å². The molecule has 0 aromatic carbocycles. The molecule has 1 heterocycles. The van der Waals surface area contributed by atoms with Crippen molar-refractivity contribution in [1.82, 2.24) is 5.32 Å². The van der Waals surface area contributed by atoms with Crippen LogP contribution in [0.1, 0.15) is 38.5 Å². The minimum Gasteiger partial charge on any atom is -0.480 e. The van der Waals surface area contributed by atoms with Gasteiger partial charge in [-0.3, -0.25) is 19.2 Å². The number of amides is 1. The molecule has 7 atom stereocenters. The van der Waals surface area contributed by atoms with Crippen LogP contribution in [0.25, 0.3) is 10.4 Å². The molecule has 1 saturated heterocycles. The van der Waals surface area contributed by atoms with Crippen molar-refractivity contribution in [1.29, 1.82) is 0 Å². The monoisotopic (exact) mass is 519 g/mol. The molecule has 0 radical (unpaired) electrons. The Balaban J connectivity index is 2.67. The Morgan fingerprint density at radius 3 is 2.39 bits per heavy atom. The number of nitrogens with one attached hydrogen (secondary N) is 1. The average molecular weight is 520 g/mol. The van der Waals surface area contributed by atoms with Gasteiger partial charge in [0.15, 0.2) is 12.1 Å². The Morgan fingerprint density at radius 2 is 1.75 bits per heavy atom. The molecule has 1 rings (SSSR count). The highest BCUT2D eigenvalue weighted by atomic mass is 16.6. The lowest BCUT2D eigenvalue weighted by atomic mass is 9.93. The Kier molecular flexibility index (Phi) is 14.0. The summed E-state index contributed by atoms with van der Waals surface area (Å²) in [6, 6.07) is -2.77. The van der Waals surface area contributed by atoms with Gasteiger partial charge >= 0.3 is 5.97 Å². The third kappa shape index (κ3) is 10.9. The van der Waals surface area contributed by atoms with Crippen molar-refractivity contribution in [2.24, 2.45) is 10.8 Å². The number of azide groups is 1. The lowest BCUT2D eigenvalue weighted by molar-refractivity contribution is -0.282. The van der Waals surface area contributed by atoms with E-state index in [9.17, 15) is 39.6 Å². The molecule has 0 bridgehead atoms. The Bertz CT molecular complexity index is 807. The fourth-order valence-corrected chi connectivity index (χ4v) is 3.36. The molecule has 36 heavy (non-hydrogen) atoms. The third-order valence-corrected chi connectivity index (χ3v) is 5.38. The second-order valence-corrected chi connectivity index (χ2v) is 8.22. The summed E-state index contributed by atoms with van der Waals surface area (Å²) in [5.74, 6) is -3.29. The van der Waals surface area contributed by atoms with Crippen molar-refractivity contribution in [3.63, 3.8) is 0 Å². The summed E-state index contributed by atoms with van der Waals surface area (Å²) in [6.45, 7) is 0.423. The standard InChI is InChI=1S/C20H33N5O11/c21-11(19(32)33)9-15(28)24-12(13(27)2-1-6-35-7-5-23-25-22)8-10(26)3-4-14-16(29)17(30)18(31)20(34)36-14/h11-12,14,16-18,20,29-31,34H,1-9,21H2,(H,24,28)(H,32,33)/t11?,12?,14?,16-,17+,18?,20-/m1/s1. The van der Waals surface area contributed by atoms with Crippen LogP contribution in [0.2, 0.25) is 0 Å². The first kappa shape index (κ1) is 31.3. The third-order valence-electron chi connectivity index (χ3n) is 5.38. The van der Waals surface area contributed by atoms with Crippen molar-refractivity contribution in [3.8, 4) is 0 Å². The molecule has 8 N–H and O–H groups in total. The predicted molar refractivity (Wildman–Crippen MR) is 119 cm³/mol. The number of ether oxygens (including phenoxy) is 2. The zero-order valence-electron chi connectivity index (χ0n) is 19.5. The van der Waals surface area contributed by atoms with E-state index in [4.69, 9.17) is 25.8 Å². The van der Waals surface area contributed by atoms with Crippen LogP contribution >= 0.6 is 0 Å². The van der Waals surface area contributed by atoms with Crippen LogP contribution in [0.3, 0.4) is 0 Å². The Morgan fingerprint density at radius 1 is 1.06 bits per heavy atom. The number of hydrogen-bond acceptors (Lipinski definition) is 12. The highest BCUT2D eigenvalue weighted by Gasteiger charge is 2.42. The van der Waals surface area contributed by atoms with E-state index in [-0.39, 0.29) is 45.4 Å². The van der Waals surface area contributed by atoms with Gasteiger partial charge in [0.1, 0.15) is 30.1 Å². The zero-order valence-corrected chi connectivity index (χ0v) is 19.5. The van der Waals surface area contributed by atoms with Gasteiger partial charge in [-0.25, -0.2) is 0 Å². The summed E-state index contributed by atoms with van der Waals surface area (Å²) >= 11 is 0. The van der Waals surface area contributed by atoms with Crippen LogP contribution in [0, 0.1) is 0 Å². The van der Waals surface area contributed by atoms with Crippen LogP contribution in [0.15, 0.2) is 5.11 Å². The number of hydrogen-bond donors (Lipinski definition) is 7. The molecule has 1 aliphatic rings. The number of carbonyl (C=O) groups excluding carboxylic acids is 3. The first-order valence-corrected chi connectivity index (χ1v) is 11.3. The van der Waals surface area contributed by atoms with Gasteiger partial charge in [0.25, 0.3) is 0 Å². The molecule has 0 aromatic heterocycles. The summed E-state index contributed by atoms with van der Waals surface area (Å²) in [5.41, 5.74) is 13.5. The van der Waals surface area contributed by atoms with Gasteiger partial charge in [0.2, 0.25) is 5.91 Å². The second kappa shape index (κ2) is 16.1. The maximum absolute atomic E-state index is 12.7. The molecule has 1 fully saturated rings. The SMILES string of the molecule is [N-]=[N+]=NCCOCCCC(=O)C(CC(=O)CCC1O[C@@H](O)C(O)[C@@H](O)[C@@H]1O)NC(=O)CC(N)C(=O)O. The number of aliphatic carboxylic acids is 1. The summed E-state index contributed by atoms with van der Waals surface area (Å²) in [7, 11) is 0. The predicted octanol–water partition coefficient (Wildman–Crippen LogP) is -2.51. The Hall–Kier alpha value is -2.69. The highest BCUT2D eigenvalue weighted by Crippen LogP contribution is 2.23. The fourth-order valence-electron chi connectivity index (χ4n) is 3.36. The molecular weight excluding hydrogens is 486 g/mol. The second-order valence-electron chi connectivity index (χ2n) is 8.22. The first-order chi connectivity index (χ1) is 17.0. The molecule has 16 heteroatoms. The number of carbonyl (C=O) groups is 4. The van der Waals surface area contributed by atoms with Crippen molar-refractivity contribution < 1.29 is 54.2 Å². The van der Waals surface area contributed by atoms with E-state index >= 15 is 0 Å². The van der Waals surface area contributed by atoms with E-state index in [1.807, 2.05) is 0 Å². The van der Waals surface area contributed by atoms with E-state index in [1.54, 1.807) is 0 Å². The number of aliphatic hydroxyl groups excluding tert-OH is 4. The van der Waals surface area contributed by atoms with Crippen LogP contribution in [-0.4, -0.2) is 112 Å². The molecule has 0 saturated carbocycles. The number of nitrogens with two attached hydrogens (primary N) is 1. The molecule has 0 aliphatic carbocycles. The highest BCUT2D eigenvalue weighted by molar-refractivity contribution is 5.94. The molecule has 1 amide bonds. The van der Waals surface area contributed by atoms with Gasteiger partial charge in [-0.05, 0) is 18.4 Å². The van der Waals surface area contributed by atoms with Crippen molar-refractivity contribution >= 4 is 23.4 Å². The molecule has 0 spiro atoms. The van der Waals surface area contributed by atoms with Gasteiger partial charge in [-0.15, -0.1) is 0 Å².